The van der Waals surface area contributed by atoms with Crippen molar-refractivity contribution in [1.29, 1.82) is 0 Å². The molecular weight excluding hydrogens is 320 g/mol. The molecule has 0 aliphatic carbocycles. The van der Waals surface area contributed by atoms with E-state index in [0.717, 1.165) is 6.42 Å². The Balaban J connectivity index is 1.87. The van der Waals surface area contributed by atoms with Crippen molar-refractivity contribution in [3.63, 3.8) is 0 Å². The van der Waals surface area contributed by atoms with Crippen LogP contribution in [0.15, 0.2) is 48.5 Å². The lowest BCUT2D eigenvalue weighted by Gasteiger charge is -2.08. The van der Waals surface area contributed by atoms with Gasteiger partial charge in [0.05, 0.1) is 5.75 Å². The van der Waals surface area contributed by atoms with Crippen LogP contribution < -0.4 is 10.6 Å². The Bertz CT molecular complexity index is 699. The molecule has 0 aliphatic rings. The number of thioether (sulfide) groups is 1. The summed E-state index contributed by atoms with van der Waals surface area (Å²) in [5, 5.41) is 5.70. The molecule has 0 unspecified atom stereocenters. The fourth-order valence-electron chi connectivity index (χ4n) is 2.24. The molecule has 0 radical (unpaired) electrons. The van der Waals surface area contributed by atoms with Crippen LogP contribution in [-0.4, -0.2) is 30.4 Å². The van der Waals surface area contributed by atoms with Gasteiger partial charge in [-0.1, -0.05) is 35.9 Å². The number of hydrogen-bond donors (Lipinski definition) is 2. The van der Waals surface area contributed by atoms with Crippen molar-refractivity contribution in [2.24, 2.45) is 0 Å². The monoisotopic (exact) mass is 342 g/mol. The Morgan fingerprint density at radius 3 is 2.54 bits per heavy atom. The first-order valence-corrected chi connectivity index (χ1v) is 9.20. The molecule has 2 aromatic rings. The van der Waals surface area contributed by atoms with Crippen LogP contribution >= 0.6 is 11.8 Å². The molecular formula is C19H22N2O2S. The van der Waals surface area contributed by atoms with E-state index < -0.39 is 0 Å². The van der Waals surface area contributed by atoms with Gasteiger partial charge in [0.1, 0.15) is 0 Å². The molecule has 0 bridgehead atoms. The van der Waals surface area contributed by atoms with Crippen LogP contribution in [-0.2, 0) is 11.2 Å². The van der Waals surface area contributed by atoms with Crippen molar-refractivity contribution in [3.8, 4) is 0 Å². The van der Waals surface area contributed by atoms with Crippen LogP contribution in [0.5, 0.6) is 0 Å². The topological polar surface area (TPSA) is 58.2 Å². The van der Waals surface area contributed by atoms with Crippen molar-refractivity contribution in [2.45, 2.75) is 13.3 Å². The minimum absolute atomic E-state index is 0.0700. The number of carbonyl (C=O) groups is 2. The summed E-state index contributed by atoms with van der Waals surface area (Å²) in [6.07, 6.45) is 2.66. The van der Waals surface area contributed by atoms with Crippen molar-refractivity contribution in [2.75, 3.05) is 23.9 Å². The highest BCUT2D eigenvalue weighted by atomic mass is 32.2. The average Bonchev–Trinajstić information content (AvgIpc) is 2.57. The Morgan fingerprint density at radius 1 is 1.08 bits per heavy atom. The summed E-state index contributed by atoms with van der Waals surface area (Å²) in [6.45, 7) is 2.63. The van der Waals surface area contributed by atoms with Gasteiger partial charge in [-0.2, -0.15) is 11.8 Å². The molecule has 2 amide bonds. The lowest BCUT2D eigenvalue weighted by Crippen LogP contribution is -2.25. The standard InChI is InChI=1S/C19H22N2O2S/c1-14-6-8-15(9-7-14)10-11-20-19(23)16-4-3-5-17(12-16)21-18(22)13-24-2/h3-9,12H,10-11,13H2,1-2H3,(H,20,23)(H,21,22). The van der Waals surface area contributed by atoms with Crippen LogP contribution in [0.25, 0.3) is 0 Å². The smallest absolute Gasteiger partial charge is 0.251 e. The van der Waals surface area contributed by atoms with E-state index in [1.165, 1.54) is 22.9 Å². The van der Waals surface area contributed by atoms with Crippen LogP contribution in [0, 0.1) is 6.92 Å². The second-order valence-electron chi connectivity index (χ2n) is 5.55. The third-order valence-electron chi connectivity index (χ3n) is 3.50. The van der Waals surface area contributed by atoms with Gasteiger partial charge < -0.3 is 10.6 Å². The van der Waals surface area contributed by atoms with Gasteiger partial charge in [0.15, 0.2) is 0 Å². The SMILES string of the molecule is CSCC(=O)Nc1cccc(C(=O)NCCc2ccc(C)cc2)c1. The highest BCUT2D eigenvalue weighted by Crippen LogP contribution is 2.11. The van der Waals surface area contributed by atoms with E-state index in [1.54, 1.807) is 24.3 Å². The molecule has 5 heteroatoms. The van der Waals surface area contributed by atoms with E-state index in [-0.39, 0.29) is 11.8 Å². The zero-order chi connectivity index (χ0) is 17.4. The Hall–Kier alpha value is -2.27. The lowest BCUT2D eigenvalue weighted by atomic mass is 10.1. The van der Waals surface area contributed by atoms with Crippen LogP contribution in [0.1, 0.15) is 21.5 Å². The van der Waals surface area contributed by atoms with Crippen LogP contribution in [0.2, 0.25) is 0 Å². The van der Waals surface area contributed by atoms with Gasteiger partial charge in [-0.15, -0.1) is 0 Å². The maximum Gasteiger partial charge on any atom is 0.251 e. The van der Waals surface area contributed by atoms with Crippen molar-refractivity contribution in [1.82, 2.24) is 5.32 Å². The minimum Gasteiger partial charge on any atom is -0.352 e. The summed E-state index contributed by atoms with van der Waals surface area (Å²) < 4.78 is 0. The predicted octanol–water partition coefficient (Wildman–Crippen LogP) is 3.27. The molecule has 4 nitrogen and oxygen atoms in total. The number of amides is 2. The van der Waals surface area contributed by atoms with E-state index in [9.17, 15) is 9.59 Å². The molecule has 0 fully saturated rings. The molecule has 0 aliphatic heterocycles. The molecule has 0 heterocycles. The Morgan fingerprint density at radius 2 is 1.83 bits per heavy atom. The first kappa shape index (κ1) is 18.1. The maximum absolute atomic E-state index is 12.2. The fourth-order valence-corrected chi connectivity index (χ4v) is 2.58. The maximum atomic E-state index is 12.2. The van der Waals surface area contributed by atoms with Gasteiger partial charge in [-0.05, 0) is 43.4 Å². The highest BCUT2D eigenvalue weighted by molar-refractivity contribution is 7.99. The number of carbonyl (C=O) groups excluding carboxylic acids is 2. The number of anilines is 1. The molecule has 0 spiro atoms. The molecule has 126 valence electrons. The third kappa shape index (κ3) is 5.74. The number of nitrogens with one attached hydrogen (secondary N) is 2. The fraction of sp³-hybridized carbons (Fsp3) is 0.263. The quantitative estimate of drug-likeness (QED) is 0.812. The van der Waals surface area contributed by atoms with Gasteiger partial charge in [-0.3, -0.25) is 9.59 Å². The molecule has 2 rings (SSSR count). The summed E-state index contributed by atoms with van der Waals surface area (Å²) in [6, 6.07) is 15.3. The number of aryl methyl sites for hydroxylation is 1. The summed E-state index contributed by atoms with van der Waals surface area (Å²) in [5.41, 5.74) is 3.60. The third-order valence-corrected chi connectivity index (χ3v) is 4.05. The summed E-state index contributed by atoms with van der Waals surface area (Å²) in [7, 11) is 0. The highest BCUT2D eigenvalue weighted by Gasteiger charge is 2.07. The Labute approximate surface area is 147 Å². The second kappa shape index (κ2) is 9.13. The second-order valence-corrected chi connectivity index (χ2v) is 6.42. The zero-order valence-electron chi connectivity index (χ0n) is 14.0. The van der Waals surface area contributed by atoms with Crippen molar-refractivity contribution in [3.05, 3.63) is 65.2 Å². The number of benzene rings is 2. The van der Waals surface area contributed by atoms with Gasteiger partial charge in [0.25, 0.3) is 5.91 Å². The van der Waals surface area contributed by atoms with E-state index >= 15 is 0 Å². The van der Waals surface area contributed by atoms with Crippen LogP contribution in [0.4, 0.5) is 5.69 Å². The first-order chi connectivity index (χ1) is 11.6. The summed E-state index contributed by atoms with van der Waals surface area (Å²) in [4.78, 5) is 23.8. The number of hydrogen-bond acceptors (Lipinski definition) is 3. The number of rotatable bonds is 7. The molecule has 2 N–H and O–H groups in total. The predicted molar refractivity (Wildman–Crippen MR) is 101 cm³/mol. The zero-order valence-corrected chi connectivity index (χ0v) is 14.8. The molecule has 0 atom stereocenters. The average molecular weight is 342 g/mol. The molecule has 2 aromatic carbocycles. The lowest BCUT2D eigenvalue weighted by molar-refractivity contribution is -0.113. The molecule has 0 aromatic heterocycles. The first-order valence-electron chi connectivity index (χ1n) is 7.81. The minimum atomic E-state index is -0.136. The van der Waals surface area contributed by atoms with Gasteiger partial charge in [0.2, 0.25) is 5.91 Å². The molecule has 24 heavy (non-hydrogen) atoms. The van der Waals surface area contributed by atoms with Gasteiger partial charge in [0, 0.05) is 17.8 Å². The van der Waals surface area contributed by atoms with Crippen molar-refractivity contribution >= 4 is 29.3 Å². The van der Waals surface area contributed by atoms with E-state index in [0.29, 0.717) is 23.5 Å². The van der Waals surface area contributed by atoms with E-state index in [2.05, 4.69) is 41.8 Å². The van der Waals surface area contributed by atoms with E-state index in [4.69, 9.17) is 0 Å². The summed E-state index contributed by atoms with van der Waals surface area (Å²) in [5.74, 6) is 0.190. The Kier molecular flexibility index (Phi) is 6.88. The largest absolute Gasteiger partial charge is 0.352 e. The normalized spacial score (nSPS) is 10.2. The van der Waals surface area contributed by atoms with Crippen LogP contribution in [0.3, 0.4) is 0 Å². The summed E-state index contributed by atoms with van der Waals surface area (Å²) >= 11 is 1.46. The van der Waals surface area contributed by atoms with E-state index in [1.807, 2.05) is 6.26 Å². The molecule has 0 saturated heterocycles. The van der Waals surface area contributed by atoms with Gasteiger partial charge in [-0.25, -0.2) is 0 Å². The molecule has 0 saturated carbocycles. The van der Waals surface area contributed by atoms with Crippen molar-refractivity contribution < 1.29 is 9.59 Å². The van der Waals surface area contributed by atoms with Gasteiger partial charge >= 0.3 is 0 Å².